The fourth-order valence-corrected chi connectivity index (χ4v) is 2.26. The van der Waals surface area contributed by atoms with Crippen molar-refractivity contribution >= 4 is 0 Å². The molecule has 14 heavy (non-hydrogen) atoms. The number of aliphatic hydroxyl groups is 1. The summed E-state index contributed by atoms with van der Waals surface area (Å²) >= 11 is 0. The highest BCUT2D eigenvalue weighted by Crippen LogP contribution is 2.25. The van der Waals surface area contributed by atoms with Crippen LogP contribution >= 0.6 is 0 Å². The molecule has 2 nitrogen and oxygen atoms in total. The van der Waals surface area contributed by atoms with Gasteiger partial charge in [0.2, 0.25) is 0 Å². The zero-order valence-electron chi connectivity index (χ0n) is 9.54. The Kier molecular flexibility index (Phi) is 5.49. The third-order valence-electron chi connectivity index (χ3n) is 3.54. The molecule has 1 unspecified atom stereocenters. The Labute approximate surface area is 87.7 Å². The molecule has 1 atom stereocenters. The molecule has 1 fully saturated rings. The van der Waals surface area contributed by atoms with Crippen LogP contribution in [0.2, 0.25) is 0 Å². The van der Waals surface area contributed by atoms with Crippen molar-refractivity contribution in [2.24, 2.45) is 11.8 Å². The summed E-state index contributed by atoms with van der Waals surface area (Å²) in [6, 6.07) is 0. The normalized spacial score (nSPS) is 21.4. The minimum absolute atomic E-state index is 0.0937. The first kappa shape index (κ1) is 12.0. The van der Waals surface area contributed by atoms with E-state index in [1.54, 1.807) is 0 Å². The molecule has 0 aromatic heterocycles. The van der Waals surface area contributed by atoms with E-state index >= 15 is 0 Å². The van der Waals surface area contributed by atoms with E-state index in [0.717, 1.165) is 32.5 Å². The van der Waals surface area contributed by atoms with Gasteiger partial charge < -0.3 is 9.84 Å². The maximum atomic E-state index is 10.1. The monoisotopic (exact) mass is 200 g/mol. The van der Waals surface area contributed by atoms with E-state index in [9.17, 15) is 5.11 Å². The first-order valence-electron chi connectivity index (χ1n) is 6.03. The molecular weight excluding hydrogens is 176 g/mol. The highest BCUT2D eigenvalue weighted by molar-refractivity contribution is 4.74. The average molecular weight is 200 g/mol. The van der Waals surface area contributed by atoms with Gasteiger partial charge in [-0.3, -0.25) is 0 Å². The lowest BCUT2D eigenvalue weighted by Crippen LogP contribution is -2.28. The minimum Gasteiger partial charge on any atom is -0.393 e. The molecule has 0 radical (unpaired) electrons. The van der Waals surface area contributed by atoms with Crippen LogP contribution in [-0.2, 0) is 4.74 Å². The fraction of sp³-hybridized carbons (Fsp3) is 1.00. The minimum atomic E-state index is -0.0937. The lowest BCUT2D eigenvalue weighted by atomic mass is 9.86. The van der Waals surface area contributed by atoms with E-state index in [2.05, 4.69) is 13.8 Å². The van der Waals surface area contributed by atoms with Crippen LogP contribution in [0.5, 0.6) is 0 Å². The van der Waals surface area contributed by atoms with Crippen molar-refractivity contribution in [3.8, 4) is 0 Å². The predicted molar refractivity (Wildman–Crippen MR) is 58.2 cm³/mol. The molecule has 0 bridgehead atoms. The van der Waals surface area contributed by atoms with Crippen molar-refractivity contribution < 1.29 is 9.84 Å². The maximum Gasteiger partial charge on any atom is 0.0572 e. The van der Waals surface area contributed by atoms with Crippen molar-refractivity contribution in [1.82, 2.24) is 0 Å². The molecule has 1 heterocycles. The van der Waals surface area contributed by atoms with Gasteiger partial charge in [0.1, 0.15) is 0 Å². The summed E-state index contributed by atoms with van der Waals surface area (Å²) in [5, 5.41) is 10.1. The van der Waals surface area contributed by atoms with Crippen LogP contribution in [0, 0.1) is 11.8 Å². The van der Waals surface area contributed by atoms with Crippen molar-refractivity contribution in [3.63, 3.8) is 0 Å². The molecule has 1 saturated heterocycles. The van der Waals surface area contributed by atoms with Crippen molar-refractivity contribution in [2.75, 3.05) is 13.2 Å². The summed E-state index contributed by atoms with van der Waals surface area (Å²) in [6.45, 7) is 6.10. The number of ether oxygens (including phenoxy) is 1. The van der Waals surface area contributed by atoms with Gasteiger partial charge in [0, 0.05) is 13.2 Å². The molecule has 0 aromatic carbocycles. The van der Waals surface area contributed by atoms with Gasteiger partial charge in [0.05, 0.1) is 6.10 Å². The number of aliphatic hydroxyl groups excluding tert-OH is 1. The highest BCUT2D eigenvalue weighted by Gasteiger charge is 2.23. The number of rotatable bonds is 5. The molecule has 0 amide bonds. The third-order valence-corrected chi connectivity index (χ3v) is 3.54. The Hall–Kier alpha value is -0.0800. The first-order chi connectivity index (χ1) is 6.77. The average Bonchev–Trinajstić information content (AvgIpc) is 2.26. The molecule has 0 aromatic rings. The molecule has 1 rings (SSSR count). The van der Waals surface area contributed by atoms with Crippen molar-refractivity contribution in [1.29, 1.82) is 0 Å². The Morgan fingerprint density at radius 3 is 2.29 bits per heavy atom. The molecule has 1 N–H and O–H groups in total. The summed E-state index contributed by atoms with van der Waals surface area (Å²) in [4.78, 5) is 0. The van der Waals surface area contributed by atoms with Crippen LogP contribution in [-0.4, -0.2) is 24.4 Å². The second kappa shape index (κ2) is 6.41. The molecule has 0 saturated carbocycles. The third kappa shape index (κ3) is 3.58. The SMILES string of the molecule is CCC(CC)CC(O)C1CCOCC1. The lowest BCUT2D eigenvalue weighted by molar-refractivity contribution is -0.00177. The molecular formula is C12H24O2. The van der Waals surface area contributed by atoms with Crippen LogP contribution in [0.25, 0.3) is 0 Å². The summed E-state index contributed by atoms with van der Waals surface area (Å²) in [5.74, 6) is 1.19. The van der Waals surface area contributed by atoms with E-state index in [-0.39, 0.29) is 6.10 Å². The lowest BCUT2D eigenvalue weighted by Gasteiger charge is -2.28. The topological polar surface area (TPSA) is 29.5 Å². The van der Waals surface area contributed by atoms with Gasteiger partial charge in [-0.15, -0.1) is 0 Å². The summed E-state index contributed by atoms with van der Waals surface area (Å²) < 4.78 is 5.30. The molecule has 0 aliphatic carbocycles. The first-order valence-corrected chi connectivity index (χ1v) is 6.03. The van der Waals surface area contributed by atoms with E-state index in [1.165, 1.54) is 12.8 Å². The number of hydrogen-bond acceptors (Lipinski definition) is 2. The van der Waals surface area contributed by atoms with Crippen molar-refractivity contribution in [3.05, 3.63) is 0 Å². The van der Waals surface area contributed by atoms with Crippen LogP contribution in [0.15, 0.2) is 0 Å². The van der Waals surface area contributed by atoms with E-state index in [4.69, 9.17) is 4.74 Å². The van der Waals surface area contributed by atoms with E-state index in [0.29, 0.717) is 11.8 Å². The number of hydrogen-bond donors (Lipinski definition) is 1. The standard InChI is InChI=1S/C12H24O2/c1-3-10(4-2)9-12(13)11-5-7-14-8-6-11/h10-13H,3-9H2,1-2H3. The molecule has 1 aliphatic heterocycles. The zero-order chi connectivity index (χ0) is 10.4. The van der Waals surface area contributed by atoms with Gasteiger partial charge >= 0.3 is 0 Å². The van der Waals surface area contributed by atoms with Gasteiger partial charge in [-0.2, -0.15) is 0 Å². The van der Waals surface area contributed by atoms with Gasteiger partial charge in [0.15, 0.2) is 0 Å². The zero-order valence-corrected chi connectivity index (χ0v) is 9.54. The van der Waals surface area contributed by atoms with Crippen LogP contribution in [0.1, 0.15) is 46.0 Å². The van der Waals surface area contributed by atoms with Crippen molar-refractivity contribution in [2.45, 2.75) is 52.1 Å². The quantitative estimate of drug-likeness (QED) is 0.739. The second-order valence-electron chi connectivity index (χ2n) is 4.44. The van der Waals surface area contributed by atoms with Gasteiger partial charge in [-0.05, 0) is 31.1 Å². The van der Waals surface area contributed by atoms with Gasteiger partial charge in [0.25, 0.3) is 0 Å². The predicted octanol–water partition coefficient (Wildman–Crippen LogP) is 2.60. The summed E-state index contributed by atoms with van der Waals surface area (Å²) in [6.07, 6.45) is 5.36. The molecule has 0 spiro atoms. The summed E-state index contributed by atoms with van der Waals surface area (Å²) in [5.41, 5.74) is 0. The Balaban J connectivity index is 2.27. The summed E-state index contributed by atoms with van der Waals surface area (Å²) in [7, 11) is 0. The van der Waals surface area contributed by atoms with Crippen LogP contribution in [0.4, 0.5) is 0 Å². The highest BCUT2D eigenvalue weighted by atomic mass is 16.5. The van der Waals surface area contributed by atoms with E-state index < -0.39 is 0 Å². The molecule has 2 heteroatoms. The Morgan fingerprint density at radius 1 is 1.21 bits per heavy atom. The maximum absolute atomic E-state index is 10.1. The fourth-order valence-electron chi connectivity index (χ4n) is 2.26. The van der Waals surface area contributed by atoms with Crippen LogP contribution in [0.3, 0.4) is 0 Å². The van der Waals surface area contributed by atoms with Gasteiger partial charge in [-0.25, -0.2) is 0 Å². The largest absolute Gasteiger partial charge is 0.393 e. The molecule has 84 valence electrons. The molecule has 1 aliphatic rings. The van der Waals surface area contributed by atoms with Gasteiger partial charge in [-0.1, -0.05) is 26.7 Å². The smallest absolute Gasteiger partial charge is 0.0572 e. The Bertz CT molecular complexity index is 137. The Morgan fingerprint density at radius 2 is 1.79 bits per heavy atom. The van der Waals surface area contributed by atoms with E-state index in [1.807, 2.05) is 0 Å². The van der Waals surface area contributed by atoms with Crippen LogP contribution < -0.4 is 0 Å². The second-order valence-corrected chi connectivity index (χ2v) is 4.44.